The zero-order chi connectivity index (χ0) is 23.0. The summed E-state index contributed by atoms with van der Waals surface area (Å²) in [5.41, 5.74) is 1.07. The van der Waals surface area contributed by atoms with Gasteiger partial charge >= 0.3 is 0 Å². The predicted molar refractivity (Wildman–Crippen MR) is 118 cm³/mol. The number of aromatic nitrogens is 1. The molecule has 1 aliphatic heterocycles. The van der Waals surface area contributed by atoms with Gasteiger partial charge in [0.2, 0.25) is 15.9 Å². The molecule has 2 heterocycles. The fourth-order valence-electron chi connectivity index (χ4n) is 3.26. The minimum Gasteiger partial charge on any atom is -0.497 e. The van der Waals surface area contributed by atoms with Crippen molar-refractivity contribution in [1.82, 2.24) is 15.0 Å². The predicted octanol–water partition coefficient (Wildman–Crippen LogP) is 0.802. The number of carbonyl (C=O) groups excluding carboxylic acids is 1. The second-order valence-electron chi connectivity index (χ2n) is 7.26. The van der Waals surface area contributed by atoms with E-state index in [0.29, 0.717) is 18.7 Å². The fourth-order valence-corrected chi connectivity index (χ4v) is 4.48. The summed E-state index contributed by atoms with van der Waals surface area (Å²) in [6, 6.07) is 8.97. The maximum absolute atomic E-state index is 12.7. The Morgan fingerprint density at radius 3 is 2.53 bits per heavy atom. The first-order valence-corrected chi connectivity index (χ1v) is 11.7. The van der Waals surface area contributed by atoms with Crippen molar-refractivity contribution >= 4 is 15.9 Å². The van der Waals surface area contributed by atoms with E-state index in [-0.39, 0.29) is 17.2 Å². The van der Waals surface area contributed by atoms with Crippen LogP contribution in [0, 0.1) is 0 Å². The third kappa shape index (κ3) is 6.60. The van der Waals surface area contributed by atoms with Gasteiger partial charge in [-0.1, -0.05) is 12.2 Å². The highest BCUT2D eigenvalue weighted by molar-refractivity contribution is 7.89. The van der Waals surface area contributed by atoms with E-state index >= 15 is 0 Å². The van der Waals surface area contributed by atoms with Gasteiger partial charge in [-0.2, -0.15) is 0 Å². The number of aliphatic hydroxyl groups excluding tert-OH is 1. The number of sulfonamides is 1. The first-order valence-electron chi connectivity index (χ1n) is 10.2. The Labute approximate surface area is 187 Å². The van der Waals surface area contributed by atoms with Crippen LogP contribution in [0.15, 0.2) is 65.8 Å². The van der Waals surface area contributed by atoms with Crippen molar-refractivity contribution in [3.05, 3.63) is 66.5 Å². The number of nitrogens with zero attached hydrogens (tertiary/aromatic N) is 1. The van der Waals surface area contributed by atoms with E-state index in [1.54, 1.807) is 36.7 Å². The van der Waals surface area contributed by atoms with Gasteiger partial charge in [0.15, 0.2) is 0 Å². The zero-order valence-electron chi connectivity index (χ0n) is 17.7. The molecular formula is C22H27N3O6S. The molecule has 0 aliphatic carbocycles. The van der Waals surface area contributed by atoms with Gasteiger partial charge in [0, 0.05) is 18.9 Å². The first kappa shape index (κ1) is 23.9. The zero-order valence-corrected chi connectivity index (χ0v) is 18.5. The second-order valence-corrected chi connectivity index (χ2v) is 8.98. The van der Waals surface area contributed by atoms with Crippen LogP contribution in [0.4, 0.5) is 0 Å². The van der Waals surface area contributed by atoms with Crippen LogP contribution in [0.25, 0.3) is 0 Å². The van der Waals surface area contributed by atoms with Gasteiger partial charge in [-0.3, -0.25) is 9.78 Å². The normalized spacial score (nSPS) is 20.6. The molecule has 3 N–H and O–H groups in total. The average molecular weight is 462 g/mol. The average Bonchev–Trinajstić information content (AvgIpc) is 2.80. The van der Waals surface area contributed by atoms with Crippen LogP contribution < -0.4 is 14.8 Å². The molecule has 0 bridgehead atoms. The van der Waals surface area contributed by atoms with Gasteiger partial charge in [0.25, 0.3) is 0 Å². The number of hydrogen-bond acceptors (Lipinski definition) is 7. The number of benzene rings is 1. The van der Waals surface area contributed by atoms with Gasteiger partial charge in [-0.15, -0.1) is 0 Å². The molecule has 1 aliphatic rings. The van der Waals surface area contributed by atoms with Gasteiger partial charge < -0.3 is 19.9 Å². The maximum Gasteiger partial charge on any atom is 0.241 e. The molecular weight excluding hydrogens is 434 g/mol. The number of carbonyl (C=O) groups is 1. The summed E-state index contributed by atoms with van der Waals surface area (Å²) in [5.74, 6) is 0.350. The largest absolute Gasteiger partial charge is 0.497 e. The summed E-state index contributed by atoms with van der Waals surface area (Å²) in [6.07, 6.45) is 6.03. The molecule has 3 rings (SSSR count). The quantitative estimate of drug-likeness (QED) is 0.447. The van der Waals surface area contributed by atoms with E-state index in [2.05, 4.69) is 15.0 Å². The lowest BCUT2D eigenvalue weighted by atomic mass is 10.1. The minimum absolute atomic E-state index is 0.0686. The molecule has 0 fully saturated rings. The lowest BCUT2D eigenvalue weighted by molar-refractivity contribution is -0.125. The molecule has 1 amide bonds. The van der Waals surface area contributed by atoms with Crippen LogP contribution in [0.1, 0.15) is 12.0 Å². The topological polar surface area (TPSA) is 127 Å². The van der Waals surface area contributed by atoms with Crippen LogP contribution >= 0.6 is 0 Å². The third-order valence-corrected chi connectivity index (χ3v) is 6.47. The lowest BCUT2D eigenvalue weighted by Gasteiger charge is -2.31. The van der Waals surface area contributed by atoms with Crippen molar-refractivity contribution in [2.24, 2.45) is 0 Å². The Balaban J connectivity index is 1.53. The summed E-state index contributed by atoms with van der Waals surface area (Å²) in [5, 5.41) is 12.5. The highest BCUT2D eigenvalue weighted by Crippen LogP contribution is 2.20. The van der Waals surface area contributed by atoms with E-state index in [1.165, 1.54) is 19.2 Å². The molecule has 0 radical (unpaired) electrons. The Bertz CT molecular complexity index is 1010. The van der Waals surface area contributed by atoms with Crippen molar-refractivity contribution in [1.29, 1.82) is 0 Å². The summed E-state index contributed by atoms with van der Waals surface area (Å²) in [7, 11) is -2.34. The van der Waals surface area contributed by atoms with Crippen LogP contribution in [0.3, 0.4) is 0 Å². The van der Waals surface area contributed by atoms with E-state index < -0.39 is 34.9 Å². The van der Waals surface area contributed by atoms with Crippen LogP contribution in [-0.2, 0) is 26.0 Å². The van der Waals surface area contributed by atoms with Crippen molar-refractivity contribution in [3.8, 4) is 5.75 Å². The monoisotopic (exact) mass is 461 g/mol. The highest BCUT2D eigenvalue weighted by Gasteiger charge is 2.31. The Kier molecular flexibility index (Phi) is 8.34. The summed E-state index contributed by atoms with van der Waals surface area (Å²) in [6.45, 7) is 0.0767. The minimum atomic E-state index is -3.84. The molecule has 0 unspecified atom stereocenters. The second kappa shape index (κ2) is 11.2. The Hall–Kier alpha value is -2.79. The lowest BCUT2D eigenvalue weighted by Crippen LogP contribution is -2.49. The standard InChI is InChI=1S/C22H27N3O6S/c1-30-17-2-5-19(6-3-17)32(28,29)25-20-7-4-18(31-21(20)15-26)14-22(27)24-13-10-16-8-11-23-12-9-16/h2-9,11-12,18,20-21,25-26H,10,13-15H2,1H3,(H,24,27)/t18-,20+,21+/m1/s1. The van der Waals surface area contributed by atoms with Crippen molar-refractivity contribution in [2.45, 2.75) is 36.0 Å². The van der Waals surface area contributed by atoms with Gasteiger partial charge in [0.05, 0.1) is 37.2 Å². The molecule has 1 aromatic heterocycles. The van der Waals surface area contributed by atoms with Gasteiger partial charge in [-0.25, -0.2) is 13.1 Å². The smallest absolute Gasteiger partial charge is 0.241 e. The van der Waals surface area contributed by atoms with E-state index in [9.17, 15) is 18.3 Å². The van der Waals surface area contributed by atoms with Crippen molar-refractivity contribution < 1.29 is 27.8 Å². The number of pyridine rings is 1. The number of rotatable bonds is 10. The first-order chi connectivity index (χ1) is 15.4. The van der Waals surface area contributed by atoms with Crippen LogP contribution in [-0.4, -0.2) is 62.9 Å². The van der Waals surface area contributed by atoms with E-state index in [4.69, 9.17) is 9.47 Å². The molecule has 32 heavy (non-hydrogen) atoms. The fraction of sp³-hybridized carbons (Fsp3) is 0.364. The SMILES string of the molecule is COc1ccc(S(=O)(=O)N[C@H]2C=C[C@H](CC(=O)NCCc3ccncc3)O[C@H]2CO)cc1. The highest BCUT2D eigenvalue weighted by atomic mass is 32.2. The van der Waals surface area contributed by atoms with Crippen molar-refractivity contribution in [2.75, 3.05) is 20.3 Å². The molecule has 172 valence electrons. The molecule has 10 heteroatoms. The molecule has 9 nitrogen and oxygen atoms in total. The Morgan fingerprint density at radius 1 is 1.16 bits per heavy atom. The summed E-state index contributed by atoms with van der Waals surface area (Å²) in [4.78, 5) is 16.2. The summed E-state index contributed by atoms with van der Waals surface area (Å²) < 4.78 is 38.7. The number of nitrogens with one attached hydrogen (secondary N) is 2. The number of methoxy groups -OCH3 is 1. The molecule has 2 aromatic rings. The third-order valence-electron chi connectivity index (χ3n) is 5.00. The number of amides is 1. The summed E-state index contributed by atoms with van der Waals surface area (Å²) >= 11 is 0. The van der Waals surface area contributed by atoms with Crippen LogP contribution in [0.5, 0.6) is 5.75 Å². The Morgan fingerprint density at radius 2 is 1.88 bits per heavy atom. The molecule has 0 spiro atoms. The molecule has 1 aromatic carbocycles. The van der Waals surface area contributed by atoms with E-state index in [0.717, 1.165) is 5.56 Å². The van der Waals surface area contributed by atoms with Crippen LogP contribution in [0.2, 0.25) is 0 Å². The molecule has 3 atom stereocenters. The van der Waals surface area contributed by atoms with Crippen molar-refractivity contribution in [3.63, 3.8) is 0 Å². The van der Waals surface area contributed by atoms with E-state index in [1.807, 2.05) is 12.1 Å². The van der Waals surface area contributed by atoms with Gasteiger partial charge in [-0.05, 0) is 48.4 Å². The molecule has 0 saturated carbocycles. The maximum atomic E-state index is 12.7. The number of ether oxygens (including phenoxy) is 2. The molecule has 0 saturated heterocycles. The van der Waals surface area contributed by atoms with Gasteiger partial charge in [0.1, 0.15) is 11.9 Å². The number of hydrogen-bond donors (Lipinski definition) is 3. The number of aliphatic hydroxyl groups is 1.